The van der Waals surface area contributed by atoms with Crippen LogP contribution in [0.25, 0.3) is 0 Å². The van der Waals surface area contributed by atoms with E-state index < -0.39 is 4.92 Å². The van der Waals surface area contributed by atoms with Gasteiger partial charge in [0.05, 0.1) is 18.4 Å². The lowest BCUT2D eigenvalue weighted by molar-refractivity contribution is -0.389. The van der Waals surface area contributed by atoms with Gasteiger partial charge in [-0.15, -0.1) is 0 Å². The van der Waals surface area contributed by atoms with E-state index in [-0.39, 0.29) is 11.9 Å². The first-order valence-corrected chi connectivity index (χ1v) is 5.82. The number of morpholine rings is 1. The molecule has 7 heteroatoms. The molecule has 0 bridgehead atoms. The molecule has 1 atom stereocenters. The third-order valence-electron chi connectivity index (χ3n) is 2.86. The van der Waals surface area contributed by atoms with E-state index in [4.69, 9.17) is 4.74 Å². The number of hydrogen-bond donors (Lipinski definition) is 1. The number of hydrogen-bond acceptors (Lipinski definition) is 6. The number of likely N-dealkylation sites (N-methyl/N-ethyl adjacent to an activating group) is 1. The van der Waals surface area contributed by atoms with Crippen molar-refractivity contribution in [3.05, 3.63) is 28.4 Å². The minimum atomic E-state index is -0.493. The first-order chi connectivity index (χ1) is 8.70. The second kappa shape index (κ2) is 5.74. The van der Waals surface area contributed by atoms with Gasteiger partial charge in [-0.25, -0.2) is 0 Å². The van der Waals surface area contributed by atoms with Gasteiger partial charge in [0.15, 0.2) is 6.20 Å². The molecule has 0 saturated carbocycles. The van der Waals surface area contributed by atoms with Crippen molar-refractivity contribution in [1.82, 2.24) is 10.3 Å². The number of nitrogens with zero attached hydrogens (tertiary/aromatic N) is 3. The largest absolute Gasteiger partial charge is 0.373 e. The number of ether oxygens (including phenoxy) is 1. The normalized spacial score (nSPS) is 19.8. The van der Waals surface area contributed by atoms with E-state index in [1.165, 1.54) is 6.07 Å². The highest BCUT2D eigenvalue weighted by atomic mass is 16.6. The summed E-state index contributed by atoms with van der Waals surface area (Å²) in [4.78, 5) is 16.0. The van der Waals surface area contributed by atoms with E-state index in [9.17, 15) is 10.1 Å². The van der Waals surface area contributed by atoms with Crippen molar-refractivity contribution >= 4 is 11.5 Å². The van der Waals surface area contributed by atoms with Crippen molar-refractivity contribution < 1.29 is 9.66 Å². The Labute approximate surface area is 105 Å². The van der Waals surface area contributed by atoms with Crippen LogP contribution in [0.2, 0.25) is 0 Å². The van der Waals surface area contributed by atoms with Crippen molar-refractivity contribution in [2.24, 2.45) is 0 Å². The Morgan fingerprint density at radius 3 is 3.11 bits per heavy atom. The van der Waals surface area contributed by atoms with Crippen LogP contribution in [0.3, 0.4) is 0 Å². The molecule has 0 aliphatic carbocycles. The third-order valence-corrected chi connectivity index (χ3v) is 2.86. The molecule has 98 valence electrons. The van der Waals surface area contributed by atoms with Crippen LogP contribution in [0.15, 0.2) is 18.3 Å². The average molecular weight is 252 g/mol. The zero-order valence-electron chi connectivity index (χ0n) is 10.2. The van der Waals surface area contributed by atoms with Gasteiger partial charge >= 0.3 is 5.82 Å². The number of pyridine rings is 1. The molecule has 2 rings (SSSR count). The first-order valence-electron chi connectivity index (χ1n) is 5.82. The van der Waals surface area contributed by atoms with Crippen LogP contribution in [0.4, 0.5) is 11.5 Å². The van der Waals surface area contributed by atoms with Crippen LogP contribution in [0.5, 0.6) is 0 Å². The van der Waals surface area contributed by atoms with Crippen molar-refractivity contribution in [2.75, 3.05) is 38.2 Å². The van der Waals surface area contributed by atoms with E-state index in [0.717, 1.165) is 25.3 Å². The van der Waals surface area contributed by atoms with Gasteiger partial charge in [-0.05, 0) is 23.0 Å². The molecule has 2 heterocycles. The predicted molar refractivity (Wildman–Crippen MR) is 66.8 cm³/mol. The molecule has 1 aliphatic heterocycles. The molecule has 0 radical (unpaired) electrons. The van der Waals surface area contributed by atoms with E-state index in [0.29, 0.717) is 6.61 Å². The monoisotopic (exact) mass is 252 g/mol. The quantitative estimate of drug-likeness (QED) is 0.617. The maximum atomic E-state index is 10.5. The lowest BCUT2D eigenvalue weighted by Crippen LogP contribution is -2.46. The molecular formula is C11H16N4O3. The zero-order valence-corrected chi connectivity index (χ0v) is 10.2. The van der Waals surface area contributed by atoms with Crippen molar-refractivity contribution in [1.29, 1.82) is 0 Å². The molecule has 0 amide bonds. The molecule has 0 spiro atoms. The van der Waals surface area contributed by atoms with E-state index >= 15 is 0 Å². The van der Waals surface area contributed by atoms with Gasteiger partial charge in [-0.3, -0.25) is 0 Å². The zero-order chi connectivity index (χ0) is 13.0. The molecule has 1 unspecified atom stereocenters. The van der Waals surface area contributed by atoms with E-state index in [1.54, 1.807) is 12.3 Å². The average Bonchev–Trinajstić information content (AvgIpc) is 2.39. The van der Waals surface area contributed by atoms with Gasteiger partial charge in [0, 0.05) is 25.7 Å². The molecule has 7 nitrogen and oxygen atoms in total. The first kappa shape index (κ1) is 12.7. The van der Waals surface area contributed by atoms with Crippen LogP contribution < -0.4 is 10.2 Å². The van der Waals surface area contributed by atoms with Gasteiger partial charge in [0.2, 0.25) is 0 Å². The highest BCUT2D eigenvalue weighted by Crippen LogP contribution is 2.18. The summed E-state index contributed by atoms with van der Waals surface area (Å²) in [6.07, 6.45) is 1.68. The highest BCUT2D eigenvalue weighted by Gasteiger charge is 2.21. The maximum absolute atomic E-state index is 10.5. The maximum Gasteiger partial charge on any atom is 0.363 e. The second-order valence-electron chi connectivity index (χ2n) is 4.13. The Bertz CT molecular complexity index is 407. The van der Waals surface area contributed by atoms with Gasteiger partial charge < -0.3 is 25.1 Å². The summed E-state index contributed by atoms with van der Waals surface area (Å²) < 4.78 is 5.60. The van der Waals surface area contributed by atoms with Crippen molar-refractivity contribution in [3.8, 4) is 0 Å². The highest BCUT2D eigenvalue weighted by molar-refractivity contribution is 5.47. The Hall–Kier alpha value is -1.73. The summed E-state index contributed by atoms with van der Waals surface area (Å²) in [5.41, 5.74) is 0.894. The summed E-state index contributed by atoms with van der Waals surface area (Å²) in [5.74, 6) is -0.126. The number of nitrogens with one attached hydrogen (secondary N) is 1. The predicted octanol–water partition coefficient (Wildman–Crippen LogP) is 0.414. The summed E-state index contributed by atoms with van der Waals surface area (Å²) in [6, 6.07) is 3.16. The topological polar surface area (TPSA) is 80.5 Å². The fourth-order valence-electron chi connectivity index (χ4n) is 1.98. The number of nitro groups is 1. The fourth-order valence-corrected chi connectivity index (χ4v) is 1.98. The minimum Gasteiger partial charge on any atom is -0.373 e. The Morgan fingerprint density at radius 1 is 1.67 bits per heavy atom. The molecule has 1 saturated heterocycles. The SMILES string of the molecule is CNCC1CN(c2ccc([N+](=O)[O-])nc2)CCO1. The fraction of sp³-hybridized carbons (Fsp3) is 0.545. The molecule has 1 N–H and O–H groups in total. The van der Waals surface area contributed by atoms with Crippen LogP contribution in [0.1, 0.15) is 0 Å². The summed E-state index contributed by atoms with van der Waals surface area (Å²) >= 11 is 0. The minimum absolute atomic E-state index is 0.126. The number of anilines is 1. The Balaban J connectivity index is 2.04. The van der Waals surface area contributed by atoms with Crippen LogP contribution in [0, 0.1) is 10.1 Å². The van der Waals surface area contributed by atoms with Crippen LogP contribution in [-0.4, -0.2) is 49.3 Å². The smallest absolute Gasteiger partial charge is 0.363 e. The van der Waals surface area contributed by atoms with Gasteiger partial charge in [0.1, 0.15) is 0 Å². The Kier molecular flexibility index (Phi) is 4.06. The van der Waals surface area contributed by atoms with E-state index in [2.05, 4.69) is 15.2 Å². The van der Waals surface area contributed by atoms with Crippen molar-refractivity contribution in [3.63, 3.8) is 0 Å². The van der Waals surface area contributed by atoms with E-state index in [1.807, 2.05) is 7.05 Å². The second-order valence-corrected chi connectivity index (χ2v) is 4.13. The summed E-state index contributed by atoms with van der Waals surface area (Å²) in [7, 11) is 1.88. The molecular weight excluding hydrogens is 236 g/mol. The summed E-state index contributed by atoms with van der Waals surface area (Å²) in [6.45, 7) is 2.99. The molecule has 1 fully saturated rings. The Morgan fingerprint density at radius 2 is 2.50 bits per heavy atom. The molecule has 1 aromatic heterocycles. The molecule has 1 aromatic rings. The van der Waals surface area contributed by atoms with Crippen molar-refractivity contribution in [2.45, 2.75) is 6.10 Å². The molecule has 0 aromatic carbocycles. The van der Waals surface area contributed by atoms with Gasteiger partial charge in [0.25, 0.3) is 0 Å². The van der Waals surface area contributed by atoms with Gasteiger partial charge in [-0.2, -0.15) is 0 Å². The summed E-state index contributed by atoms with van der Waals surface area (Å²) in [5, 5.41) is 13.6. The molecule has 18 heavy (non-hydrogen) atoms. The lowest BCUT2D eigenvalue weighted by Gasteiger charge is -2.33. The third kappa shape index (κ3) is 2.93. The van der Waals surface area contributed by atoms with Gasteiger partial charge in [-0.1, -0.05) is 0 Å². The number of aromatic nitrogens is 1. The van der Waals surface area contributed by atoms with Crippen LogP contribution >= 0.6 is 0 Å². The lowest BCUT2D eigenvalue weighted by atomic mass is 10.2. The number of rotatable bonds is 4. The standard InChI is InChI=1S/C11H16N4O3/c1-12-7-10-8-14(4-5-18-10)9-2-3-11(13-6-9)15(16)17/h2-3,6,10,12H,4-5,7-8H2,1H3. The van der Waals surface area contributed by atoms with Crippen LogP contribution in [-0.2, 0) is 4.74 Å². The molecule has 1 aliphatic rings.